The average molecular weight is 367 g/mol. The molecule has 0 aliphatic carbocycles. The van der Waals surface area contributed by atoms with Crippen LogP contribution in [0.5, 0.6) is 0 Å². The summed E-state index contributed by atoms with van der Waals surface area (Å²) in [6, 6.07) is 10.6. The predicted octanol–water partition coefficient (Wildman–Crippen LogP) is 2.24. The van der Waals surface area contributed by atoms with E-state index in [2.05, 4.69) is 34.4 Å². The monoisotopic (exact) mass is 367 g/mol. The van der Waals surface area contributed by atoms with Crippen LogP contribution >= 0.6 is 0 Å². The number of nitrogens with zero attached hydrogens (tertiary/aromatic N) is 3. The summed E-state index contributed by atoms with van der Waals surface area (Å²) in [4.78, 5) is 33.7. The molecule has 2 heterocycles. The maximum Gasteiger partial charge on any atom is 0.257 e. The molecule has 1 aliphatic heterocycles. The number of amides is 2. The van der Waals surface area contributed by atoms with Crippen molar-refractivity contribution in [1.29, 1.82) is 0 Å². The van der Waals surface area contributed by atoms with Gasteiger partial charge in [0.25, 0.3) is 5.91 Å². The maximum atomic E-state index is 13.0. The van der Waals surface area contributed by atoms with Crippen molar-refractivity contribution in [2.24, 2.45) is 0 Å². The number of carbonyl (C=O) groups excluding carboxylic acids is 2. The Balaban J connectivity index is 1.82. The van der Waals surface area contributed by atoms with Crippen LogP contribution < -0.4 is 15.5 Å². The number of anilines is 3. The minimum Gasteiger partial charge on any atom is -0.319 e. The van der Waals surface area contributed by atoms with Crippen LogP contribution in [0.15, 0.2) is 42.6 Å². The number of benzene rings is 1. The first-order chi connectivity index (χ1) is 13.2. The highest BCUT2D eigenvalue weighted by molar-refractivity contribution is 6.17. The third kappa shape index (κ3) is 4.15. The summed E-state index contributed by atoms with van der Waals surface area (Å²) in [5.74, 6) is 0.0365. The standard InChI is InChI=1S/C20H25N5O2/c1-3-24(4-2)13-12-21-14-18(26)25-17-10-6-5-8-15(17)20(27)23-16-9-7-11-22-19(16)25/h5-11,21H,3-4,12-14H2,1-2H3,(H,23,27). The summed E-state index contributed by atoms with van der Waals surface area (Å²) < 4.78 is 0. The first kappa shape index (κ1) is 19.0. The van der Waals surface area contributed by atoms with Gasteiger partial charge >= 0.3 is 0 Å². The maximum absolute atomic E-state index is 13.0. The van der Waals surface area contributed by atoms with Crippen molar-refractivity contribution in [3.63, 3.8) is 0 Å². The summed E-state index contributed by atoms with van der Waals surface area (Å²) in [6.07, 6.45) is 1.62. The van der Waals surface area contributed by atoms with Crippen LogP contribution in [0.1, 0.15) is 24.2 Å². The number of fused-ring (bicyclic) bond motifs is 2. The van der Waals surface area contributed by atoms with Gasteiger partial charge in [-0.05, 0) is 37.4 Å². The van der Waals surface area contributed by atoms with E-state index in [-0.39, 0.29) is 18.4 Å². The van der Waals surface area contributed by atoms with E-state index in [9.17, 15) is 9.59 Å². The molecule has 7 nitrogen and oxygen atoms in total. The van der Waals surface area contributed by atoms with Crippen molar-refractivity contribution < 1.29 is 9.59 Å². The van der Waals surface area contributed by atoms with Crippen LogP contribution in [0.4, 0.5) is 17.2 Å². The van der Waals surface area contributed by atoms with Crippen LogP contribution in [0, 0.1) is 0 Å². The highest BCUT2D eigenvalue weighted by Gasteiger charge is 2.29. The van der Waals surface area contributed by atoms with E-state index in [0.717, 1.165) is 26.2 Å². The fourth-order valence-electron chi connectivity index (χ4n) is 3.14. The molecule has 1 aliphatic rings. The van der Waals surface area contributed by atoms with E-state index in [1.807, 2.05) is 6.07 Å². The van der Waals surface area contributed by atoms with Crippen molar-refractivity contribution in [3.8, 4) is 0 Å². The molecule has 2 aromatic rings. The number of hydrogen-bond acceptors (Lipinski definition) is 5. The molecule has 0 unspecified atom stereocenters. The van der Waals surface area contributed by atoms with Crippen LogP contribution in [0.3, 0.4) is 0 Å². The summed E-state index contributed by atoms with van der Waals surface area (Å²) >= 11 is 0. The fourth-order valence-corrected chi connectivity index (χ4v) is 3.14. The first-order valence-corrected chi connectivity index (χ1v) is 9.27. The van der Waals surface area contributed by atoms with Gasteiger partial charge in [-0.15, -0.1) is 0 Å². The molecule has 0 radical (unpaired) electrons. The lowest BCUT2D eigenvalue weighted by molar-refractivity contribution is -0.117. The first-order valence-electron chi connectivity index (χ1n) is 9.27. The second-order valence-electron chi connectivity index (χ2n) is 6.28. The zero-order valence-corrected chi connectivity index (χ0v) is 15.7. The normalized spacial score (nSPS) is 13.0. The zero-order chi connectivity index (χ0) is 19.2. The molecule has 0 saturated carbocycles. The largest absolute Gasteiger partial charge is 0.319 e. The summed E-state index contributed by atoms with van der Waals surface area (Å²) in [5.41, 5.74) is 1.52. The molecule has 142 valence electrons. The summed E-state index contributed by atoms with van der Waals surface area (Å²) in [7, 11) is 0. The number of hydrogen-bond donors (Lipinski definition) is 2. The van der Waals surface area contributed by atoms with E-state index in [1.54, 1.807) is 36.5 Å². The lowest BCUT2D eigenvalue weighted by Gasteiger charge is -2.23. The molecule has 2 amide bonds. The third-order valence-electron chi connectivity index (χ3n) is 4.66. The molecule has 1 aromatic heterocycles. The molecule has 0 saturated heterocycles. The number of carbonyl (C=O) groups is 2. The Morgan fingerprint density at radius 1 is 1.19 bits per heavy atom. The van der Waals surface area contributed by atoms with Gasteiger partial charge in [0, 0.05) is 19.3 Å². The van der Waals surface area contributed by atoms with Crippen molar-refractivity contribution in [2.75, 3.05) is 42.9 Å². The summed E-state index contributed by atoms with van der Waals surface area (Å²) in [5, 5.41) is 6.05. The Morgan fingerprint density at radius 2 is 1.96 bits per heavy atom. The van der Waals surface area contributed by atoms with Gasteiger partial charge in [-0.3, -0.25) is 14.5 Å². The van der Waals surface area contributed by atoms with Crippen LogP contribution in [-0.4, -0.2) is 54.4 Å². The molecule has 0 fully saturated rings. The van der Waals surface area contributed by atoms with Gasteiger partial charge in [-0.1, -0.05) is 26.0 Å². The lowest BCUT2D eigenvalue weighted by Crippen LogP contribution is -2.39. The molecule has 3 rings (SSSR count). The SMILES string of the molecule is CCN(CC)CCNCC(=O)N1c2ccccc2C(=O)Nc2cccnc21. The van der Waals surface area contributed by atoms with E-state index >= 15 is 0 Å². The van der Waals surface area contributed by atoms with Crippen molar-refractivity contribution in [1.82, 2.24) is 15.2 Å². The molecule has 7 heteroatoms. The lowest BCUT2D eigenvalue weighted by atomic mass is 10.1. The Labute approximate surface area is 159 Å². The molecule has 27 heavy (non-hydrogen) atoms. The molecule has 0 bridgehead atoms. The van der Waals surface area contributed by atoms with Gasteiger partial charge in [0.2, 0.25) is 5.91 Å². The molecule has 0 spiro atoms. The molecule has 0 atom stereocenters. The quantitative estimate of drug-likeness (QED) is 0.734. The van der Waals surface area contributed by atoms with E-state index in [1.165, 1.54) is 4.90 Å². The number of rotatable bonds is 7. The van der Waals surface area contributed by atoms with E-state index in [4.69, 9.17) is 0 Å². The van der Waals surface area contributed by atoms with Gasteiger partial charge in [0.1, 0.15) is 0 Å². The Bertz CT molecular complexity index is 820. The summed E-state index contributed by atoms with van der Waals surface area (Å²) in [6.45, 7) is 7.97. The number of para-hydroxylation sites is 1. The fraction of sp³-hybridized carbons (Fsp3) is 0.350. The Morgan fingerprint density at radius 3 is 2.74 bits per heavy atom. The average Bonchev–Trinajstić information content (AvgIpc) is 2.82. The number of nitrogens with one attached hydrogen (secondary N) is 2. The van der Waals surface area contributed by atoms with Crippen molar-refractivity contribution in [2.45, 2.75) is 13.8 Å². The highest BCUT2D eigenvalue weighted by atomic mass is 16.2. The minimum absolute atomic E-state index is 0.154. The molecule has 1 aromatic carbocycles. The van der Waals surface area contributed by atoms with Gasteiger partial charge in [-0.25, -0.2) is 4.98 Å². The van der Waals surface area contributed by atoms with E-state index in [0.29, 0.717) is 22.8 Å². The Kier molecular flexibility index (Phi) is 6.16. The van der Waals surface area contributed by atoms with Crippen LogP contribution in [0.25, 0.3) is 0 Å². The number of likely N-dealkylation sites (N-methyl/N-ethyl adjacent to an activating group) is 1. The molecule has 2 N–H and O–H groups in total. The predicted molar refractivity (Wildman–Crippen MR) is 106 cm³/mol. The number of pyridine rings is 1. The van der Waals surface area contributed by atoms with Crippen LogP contribution in [0.2, 0.25) is 0 Å². The van der Waals surface area contributed by atoms with Gasteiger partial charge in [0.15, 0.2) is 5.82 Å². The second kappa shape index (κ2) is 8.75. The van der Waals surface area contributed by atoms with Gasteiger partial charge in [0.05, 0.1) is 23.5 Å². The van der Waals surface area contributed by atoms with Crippen LogP contribution in [-0.2, 0) is 4.79 Å². The van der Waals surface area contributed by atoms with Gasteiger partial charge in [-0.2, -0.15) is 0 Å². The number of aromatic nitrogens is 1. The van der Waals surface area contributed by atoms with Gasteiger partial charge < -0.3 is 15.5 Å². The molecular formula is C20H25N5O2. The highest BCUT2D eigenvalue weighted by Crippen LogP contribution is 2.35. The topological polar surface area (TPSA) is 77.6 Å². The van der Waals surface area contributed by atoms with Crippen molar-refractivity contribution >= 4 is 29.0 Å². The van der Waals surface area contributed by atoms with E-state index < -0.39 is 0 Å². The second-order valence-corrected chi connectivity index (χ2v) is 6.28. The third-order valence-corrected chi connectivity index (χ3v) is 4.66. The minimum atomic E-state index is -0.246. The van der Waals surface area contributed by atoms with Crippen molar-refractivity contribution in [3.05, 3.63) is 48.2 Å². The Hall–Kier alpha value is -2.77. The zero-order valence-electron chi connectivity index (χ0n) is 15.7. The molecular weight excluding hydrogens is 342 g/mol. The smallest absolute Gasteiger partial charge is 0.257 e.